The van der Waals surface area contributed by atoms with Gasteiger partial charge in [0, 0.05) is 10.6 Å². The minimum Gasteiger partial charge on any atom is -0.320 e. The van der Waals surface area contributed by atoms with E-state index in [4.69, 9.17) is 11.6 Å². The monoisotopic (exact) mass is 354 g/mol. The van der Waals surface area contributed by atoms with Crippen LogP contribution in [0.3, 0.4) is 0 Å². The minimum absolute atomic E-state index is 0.0439. The van der Waals surface area contributed by atoms with Gasteiger partial charge in [-0.3, -0.25) is 4.79 Å². The van der Waals surface area contributed by atoms with E-state index >= 15 is 0 Å². The summed E-state index contributed by atoms with van der Waals surface area (Å²) in [7, 11) is 0. The Morgan fingerprint density at radius 2 is 1.84 bits per heavy atom. The fraction of sp³-hybridized carbons (Fsp3) is 0.211. The van der Waals surface area contributed by atoms with Crippen molar-refractivity contribution in [2.75, 3.05) is 5.32 Å². The molecule has 2 aromatic carbocycles. The third kappa shape index (κ3) is 3.88. The molecule has 5 nitrogen and oxygen atoms in total. The van der Waals surface area contributed by atoms with Crippen LogP contribution >= 0.6 is 11.6 Å². The Morgan fingerprint density at radius 3 is 2.44 bits per heavy atom. The molecule has 25 heavy (non-hydrogen) atoms. The number of benzene rings is 2. The van der Waals surface area contributed by atoms with Crippen LogP contribution in [-0.4, -0.2) is 20.7 Å². The lowest BCUT2D eigenvalue weighted by Crippen LogP contribution is -2.15. The first-order chi connectivity index (χ1) is 11.8. The van der Waals surface area contributed by atoms with Gasteiger partial charge in [-0.05, 0) is 41.3 Å². The van der Waals surface area contributed by atoms with Gasteiger partial charge in [-0.15, -0.1) is 0 Å². The largest absolute Gasteiger partial charge is 0.320 e. The smallest absolute Gasteiger partial charge is 0.255 e. The van der Waals surface area contributed by atoms with Crippen LogP contribution in [0.5, 0.6) is 0 Å². The molecule has 128 valence electrons. The van der Waals surface area contributed by atoms with Gasteiger partial charge in [0.15, 0.2) is 0 Å². The van der Waals surface area contributed by atoms with Crippen LogP contribution in [0.25, 0.3) is 5.69 Å². The maximum absolute atomic E-state index is 12.6. The summed E-state index contributed by atoms with van der Waals surface area (Å²) < 4.78 is 1.58. The van der Waals surface area contributed by atoms with Gasteiger partial charge in [0.05, 0.1) is 11.4 Å². The molecule has 0 fully saturated rings. The van der Waals surface area contributed by atoms with Gasteiger partial charge in [0.1, 0.15) is 12.7 Å². The molecule has 0 spiro atoms. The molecular formula is C19H19ClN4O. The molecule has 0 saturated heterocycles. The summed E-state index contributed by atoms with van der Waals surface area (Å²) in [4.78, 5) is 16.5. The van der Waals surface area contributed by atoms with Crippen molar-refractivity contribution in [2.45, 2.75) is 26.2 Å². The Bertz CT molecular complexity index is 881. The van der Waals surface area contributed by atoms with E-state index in [9.17, 15) is 4.79 Å². The molecule has 0 bridgehead atoms. The minimum atomic E-state index is -0.205. The summed E-state index contributed by atoms with van der Waals surface area (Å²) in [6.45, 7) is 6.41. The Labute approximate surface area is 151 Å². The van der Waals surface area contributed by atoms with Gasteiger partial charge in [-0.1, -0.05) is 44.5 Å². The van der Waals surface area contributed by atoms with Crippen molar-refractivity contribution in [1.29, 1.82) is 0 Å². The van der Waals surface area contributed by atoms with E-state index < -0.39 is 0 Å². The van der Waals surface area contributed by atoms with E-state index in [1.807, 2.05) is 24.3 Å². The van der Waals surface area contributed by atoms with Crippen molar-refractivity contribution in [3.8, 4) is 5.69 Å². The number of nitrogens with one attached hydrogen (secondary N) is 1. The molecule has 3 aromatic rings. The Balaban J connectivity index is 1.87. The molecule has 0 aliphatic rings. The number of halogens is 1. The quantitative estimate of drug-likeness (QED) is 0.754. The van der Waals surface area contributed by atoms with Crippen LogP contribution in [0.15, 0.2) is 55.1 Å². The zero-order chi connectivity index (χ0) is 18.0. The number of aromatic nitrogens is 3. The van der Waals surface area contributed by atoms with Gasteiger partial charge in [0.2, 0.25) is 0 Å². The number of anilines is 1. The number of hydrogen-bond donors (Lipinski definition) is 1. The van der Waals surface area contributed by atoms with Gasteiger partial charge in [-0.25, -0.2) is 9.67 Å². The van der Waals surface area contributed by atoms with Crippen molar-refractivity contribution < 1.29 is 4.79 Å². The van der Waals surface area contributed by atoms with E-state index in [1.54, 1.807) is 29.2 Å². The number of rotatable bonds is 3. The highest BCUT2D eigenvalue weighted by Gasteiger charge is 2.15. The molecular weight excluding hydrogens is 336 g/mol. The second-order valence-corrected chi connectivity index (χ2v) is 7.22. The van der Waals surface area contributed by atoms with Crippen LogP contribution in [0.1, 0.15) is 36.7 Å². The van der Waals surface area contributed by atoms with Crippen LogP contribution in [0, 0.1) is 0 Å². The van der Waals surface area contributed by atoms with Crippen LogP contribution in [0.4, 0.5) is 5.69 Å². The predicted octanol–water partition coefficient (Wildman–Crippen LogP) is 4.47. The molecule has 0 unspecified atom stereocenters. The first-order valence-corrected chi connectivity index (χ1v) is 8.29. The van der Waals surface area contributed by atoms with Crippen LogP contribution < -0.4 is 5.32 Å². The van der Waals surface area contributed by atoms with Gasteiger partial charge in [0.25, 0.3) is 5.91 Å². The molecule has 3 rings (SSSR count). The lowest BCUT2D eigenvalue weighted by molar-refractivity contribution is 0.102. The highest BCUT2D eigenvalue weighted by atomic mass is 35.5. The Morgan fingerprint density at radius 1 is 1.12 bits per heavy atom. The highest BCUT2D eigenvalue weighted by molar-refractivity contribution is 6.31. The summed E-state index contributed by atoms with van der Waals surface area (Å²) in [5.74, 6) is -0.205. The summed E-state index contributed by atoms with van der Waals surface area (Å²) in [6, 6.07) is 12.8. The molecule has 1 N–H and O–H groups in total. The van der Waals surface area contributed by atoms with Crippen molar-refractivity contribution >= 4 is 23.2 Å². The molecule has 0 atom stereocenters. The van der Waals surface area contributed by atoms with Gasteiger partial charge >= 0.3 is 0 Å². The fourth-order valence-corrected chi connectivity index (χ4v) is 2.63. The van der Waals surface area contributed by atoms with E-state index in [0.717, 1.165) is 0 Å². The molecule has 0 saturated carbocycles. The van der Waals surface area contributed by atoms with Crippen LogP contribution in [0.2, 0.25) is 5.02 Å². The molecule has 0 aliphatic carbocycles. The Kier molecular flexibility index (Phi) is 4.59. The average Bonchev–Trinajstić information content (AvgIpc) is 3.08. The first-order valence-electron chi connectivity index (χ1n) is 7.91. The Hall–Kier alpha value is -2.66. The summed E-state index contributed by atoms with van der Waals surface area (Å²) in [6.07, 6.45) is 3.00. The lowest BCUT2D eigenvalue weighted by atomic mass is 9.87. The third-order valence-electron chi connectivity index (χ3n) is 3.89. The lowest BCUT2D eigenvalue weighted by Gasteiger charge is -2.19. The maximum Gasteiger partial charge on any atom is 0.255 e. The molecule has 0 radical (unpaired) electrons. The number of nitrogens with zero attached hydrogens (tertiary/aromatic N) is 3. The van der Waals surface area contributed by atoms with Gasteiger partial charge in [-0.2, -0.15) is 5.10 Å². The third-order valence-corrected chi connectivity index (χ3v) is 4.12. The molecule has 1 aromatic heterocycles. The van der Waals surface area contributed by atoms with E-state index in [2.05, 4.69) is 36.2 Å². The number of carbonyl (C=O) groups excluding carboxylic acids is 1. The summed E-state index contributed by atoms with van der Waals surface area (Å²) in [5.41, 5.74) is 3.07. The zero-order valence-electron chi connectivity index (χ0n) is 14.3. The molecule has 1 heterocycles. The van der Waals surface area contributed by atoms with E-state index in [1.165, 1.54) is 11.9 Å². The topological polar surface area (TPSA) is 59.8 Å². The molecule has 1 amide bonds. The number of hydrogen-bond acceptors (Lipinski definition) is 3. The van der Waals surface area contributed by atoms with E-state index in [-0.39, 0.29) is 11.3 Å². The standard InChI is InChI=1S/C19H19ClN4O/c1-19(2,3)14-6-4-13(5-7-14)18(25)23-16-10-15(20)8-9-17(16)24-12-21-11-22-24/h4-12H,1-3H3,(H,23,25). The SMILES string of the molecule is CC(C)(C)c1ccc(C(=O)Nc2cc(Cl)ccc2-n2cncn2)cc1. The summed E-state index contributed by atoms with van der Waals surface area (Å²) in [5, 5.41) is 7.54. The van der Waals surface area contributed by atoms with Crippen LogP contribution in [-0.2, 0) is 5.41 Å². The van der Waals surface area contributed by atoms with Gasteiger partial charge < -0.3 is 5.32 Å². The second-order valence-electron chi connectivity index (χ2n) is 6.78. The normalized spacial score (nSPS) is 11.4. The average molecular weight is 355 g/mol. The zero-order valence-corrected chi connectivity index (χ0v) is 15.1. The number of amides is 1. The fourth-order valence-electron chi connectivity index (χ4n) is 2.46. The predicted molar refractivity (Wildman–Crippen MR) is 99.5 cm³/mol. The van der Waals surface area contributed by atoms with E-state index in [0.29, 0.717) is 22.0 Å². The maximum atomic E-state index is 12.6. The molecule has 0 aliphatic heterocycles. The number of carbonyl (C=O) groups is 1. The van der Waals surface area contributed by atoms with Crippen molar-refractivity contribution in [1.82, 2.24) is 14.8 Å². The first kappa shape index (κ1) is 17.2. The summed E-state index contributed by atoms with van der Waals surface area (Å²) >= 11 is 6.08. The van der Waals surface area contributed by atoms with Crippen molar-refractivity contribution in [3.05, 3.63) is 71.3 Å². The van der Waals surface area contributed by atoms with Crippen molar-refractivity contribution in [3.63, 3.8) is 0 Å². The highest BCUT2D eigenvalue weighted by Crippen LogP contribution is 2.25. The van der Waals surface area contributed by atoms with Crippen molar-refractivity contribution in [2.24, 2.45) is 0 Å². The molecule has 6 heteroatoms. The second kappa shape index (κ2) is 6.69.